The summed E-state index contributed by atoms with van der Waals surface area (Å²) < 4.78 is 7.36. The second-order valence-electron chi connectivity index (χ2n) is 7.05. The van der Waals surface area contributed by atoms with E-state index in [9.17, 15) is 9.59 Å². The molecule has 0 saturated carbocycles. The number of halogens is 2. The van der Waals surface area contributed by atoms with Crippen molar-refractivity contribution < 1.29 is 14.3 Å². The number of rotatable bonds is 7. The first-order valence-corrected chi connectivity index (χ1v) is 11.3. The van der Waals surface area contributed by atoms with Crippen molar-refractivity contribution in [1.29, 1.82) is 0 Å². The summed E-state index contributed by atoms with van der Waals surface area (Å²) in [6, 6.07) is 20.2. The average molecular weight is 546 g/mol. The van der Waals surface area contributed by atoms with Gasteiger partial charge in [0.1, 0.15) is 5.75 Å². The lowest BCUT2D eigenvalue weighted by molar-refractivity contribution is -0.118. The van der Waals surface area contributed by atoms with Gasteiger partial charge in [-0.3, -0.25) is 9.59 Å². The molecule has 3 aromatic carbocycles. The Morgan fingerprint density at radius 1 is 1.00 bits per heavy atom. The Morgan fingerprint density at radius 2 is 1.68 bits per heavy atom. The van der Waals surface area contributed by atoms with Crippen molar-refractivity contribution in [2.45, 2.75) is 19.9 Å². The normalized spacial score (nSPS) is 11.5. The first-order chi connectivity index (χ1) is 14.8. The summed E-state index contributed by atoms with van der Waals surface area (Å²) in [4.78, 5) is 24.7. The van der Waals surface area contributed by atoms with Crippen LogP contribution in [0.1, 0.15) is 34.5 Å². The fourth-order valence-electron chi connectivity index (χ4n) is 3.02. The smallest absolute Gasteiger partial charge is 0.262 e. The molecule has 1 atom stereocenters. The highest BCUT2D eigenvalue weighted by molar-refractivity contribution is 9.11. The Morgan fingerprint density at radius 3 is 2.32 bits per heavy atom. The highest BCUT2D eigenvalue weighted by Gasteiger charge is 2.13. The molecule has 0 aliphatic heterocycles. The van der Waals surface area contributed by atoms with Crippen molar-refractivity contribution in [3.63, 3.8) is 0 Å². The van der Waals surface area contributed by atoms with E-state index < -0.39 is 0 Å². The number of nitrogens with one attached hydrogen (secondary N) is 2. The topological polar surface area (TPSA) is 67.4 Å². The van der Waals surface area contributed by atoms with Crippen LogP contribution in [0.25, 0.3) is 0 Å². The van der Waals surface area contributed by atoms with E-state index in [1.54, 1.807) is 24.3 Å². The molecule has 0 aliphatic rings. The quantitative estimate of drug-likeness (QED) is 0.381. The summed E-state index contributed by atoms with van der Waals surface area (Å²) in [5.74, 6) is 0.162. The molecule has 0 spiro atoms. The molecule has 1 unspecified atom stereocenters. The minimum atomic E-state index is -0.288. The molecule has 0 bridgehead atoms. The van der Waals surface area contributed by atoms with E-state index in [1.165, 1.54) is 0 Å². The van der Waals surface area contributed by atoms with Gasteiger partial charge < -0.3 is 15.4 Å². The van der Waals surface area contributed by atoms with Gasteiger partial charge in [0.15, 0.2) is 6.61 Å². The fourth-order valence-corrected chi connectivity index (χ4v) is 4.57. The summed E-state index contributed by atoms with van der Waals surface area (Å²) in [6.07, 6.45) is 0. The molecule has 0 heterocycles. The first kappa shape index (κ1) is 23.0. The number of benzene rings is 3. The zero-order chi connectivity index (χ0) is 22.4. The van der Waals surface area contributed by atoms with E-state index in [2.05, 4.69) is 42.5 Å². The lowest BCUT2D eigenvalue weighted by Gasteiger charge is -2.14. The van der Waals surface area contributed by atoms with E-state index in [1.807, 2.05) is 56.3 Å². The van der Waals surface area contributed by atoms with Crippen molar-refractivity contribution in [3.05, 3.63) is 92.4 Å². The second kappa shape index (κ2) is 10.6. The largest absolute Gasteiger partial charge is 0.482 e. The standard InChI is InChI=1S/C24H22Br2N2O3/c1-15-12-19(25)13-21(26)23(15)31-14-22(29)28-20-10-8-18(9-11-20)24(30)27-16(2)17-6-4-3-5-7-17/h3-13,16H,14H2,1-2H3,(H,27,30)(H,28,29). The highest BCUT2D eigenvalue weighted by atomic mass is 79.9. The molecule has 5 nitrogen and oxygen atoms in total. The molecule has 0 radical (unpaired) electrons. The Balaban J connectivity index is 1.54. The third-order valence-electron chi connectivity index (χ3n) is 4.62. The van der Waals surface area contributed by atoms with Crippen LogP contribution < -0.4 is 15.4 Å². The van der Waals surface area contributed by atoms with Crippen molar-refractivity contribution in [1.82, 2.24) is 5.32 Å². The molecule has 0 aromatic heterocycles. The van der Waals surface area contributed by atoms with Gasteiger partial charge in [-0.2, -0.15) is 0 Å². The van der Waals surface area contributed by atoms with Gasteiger partial charge in [0, 0.05) is 15.7 Å². The van der Waals surface area contributed by atoms with E-state index in [0.29, 0.717) is 17.0 Å². The van der Waals surface area contributed by atoms with Crippen LogP contribution in [0.4, 0.5) is 5.69 Å². The van der Waals surface area contributed by atoms with Crippen LogP contribution in [-0.4, -0.2) is 18.4 Å². The molecular weight excluding hydrogens is 524 g/mol. The average Bonchev–Trinajstić information content (AvgIpc) is 2.74. The third-order valence-corrected chi connectivity index (χ3v) is 5.67. The van der Waals surface area contributed by atoms with Crippen LogP contribution in [0.2, 0.25) is 0 Å². The van der Waals surface area contributed by atoms with Crippen LogP contribution in [0.3, 0.4) is 0 Å². The van der Waals surface area contributed by atoms with Gasteiger partial charge in [-0.25, -0.2) is 0 Å². The van der Waals surface area contributed by atoms with Gasteiger partial charge in [0.05, 0.1) is 10.5 Å². The van der Waals surface area contributed by atoms with E-state index in [0.717, 1.165) is 20.1 Å². The maximum Gasteiger partial charge on any atom is 0.262 e. The molecule has 0 saturated heterocycles. The molecule has 31 heavy (non-hydrogen) atoms. The SMILES string of the molecule is Cc1cc(Br)cc(Br)c1OCC(=O)Nc1ccc(C(=O)NC(C)c2ccccc2)cc1. The van der Waals surface area contributed by atoms with Gasteiger partial charge >= 0.3 is 0 Å². The van der Waals surface area contributed by atoms with Gasteiger partial charge in [-0.1, -0.05) is 46.3 Å². The number of carbonyl (C=O) groups is 2. The number of hydrogen-bond donors (Lipinski definition) is 2. The molecule has 7 heteroatoms. The molecule has 2 amide bonds. The van der Waals surface area contributed by atoms with E-state index in [4.69, 9.17) is 4.74 Å². The first-order valence-electron chi connectivity index (χ1n) is 9.67. The van der Waals surface area contributed by atoms with E-state index >= 15 is 0 Å². The Bertz CT molecular complexity index is 1050. The van der Waals surface area contributed by atoms with Crippen LogP contribution in [0.15, 0.2) is 75.7 Å². The maximum absolute atomic E-state index is 12.5. The summed E-state index contributed by atoms with van der Waals surface area (Å²) >= 11 is 6.86. The van der Waals surface area contributed by atoms with Gasteiger partial charge in [-0.15, -0.1) is 0 Å². The molecule has 0 fully saturated rings. The van der Waals surface area contributed by atoms with Crippen molar-refractivity contribution in [3.8, 4) is 5.75 Å². The molecule has 2 N–H and O–H groups in total. The number of ether oxygens (including phenoxy) is 1. The molecule has 0 aliphatic carbocycles. The summed E-state index contributed by atoms with van der Waals surface area (Å²) in [5.41, 5.74) is 3.06. The number of hydrogen-bond acceptors (Lipinski definition) is 3. The summed E-state index contributed by atoms with van der Waals surface area (Å²) in [7, 11) is 0. The summed E-state index contributed by atoms with van der Waals surface area (Å²) in [6.45, 7) is 3.72. The molecular formula is C24H22Br2N2O3. The molecule has 3 aromatic rings. The zero-order valence-corrected chi connectivity index (χ0v) is 20.3. The molecule has 3 rings (SSSR count). The lowest BCUT2D eigenvalue weighted by atomic mass is 10.1. The minimum absolute atomic E-state index is 0.105. The van der Waals surface area contributed by atoms with Crippen molar-refractivity contribution >= 4 is 49.4 Å². The number of aryl methyl sites for hydroxylation is 1. The predicted molar refractivity (Wildman–Crippen MR) is 129 cm³/mol. The minimum Gasteiger partial charge on any atom is -0.482 e. The van der Waals surface area contributed by atoms with Crippen LogP contribution in [0.5, 0.6) is 5.75 Å². The Labute approximate surface area is 198 Å². The number of anilines is 1. The maximum atomic E-state index is 12.5. The zero-order valence-electron chi connectivity index (χ0n) is 17.1. The van der Waals surface area contributed by atoms with E-state index in [-0.39, 0.29) is 24.5 Å². The van der Waals surface area contributed by atoms with Crippen molar-refractivity contribution in [2.24, 2.45) is 0 Å². The lowest BCUT2D eigenvalue weighted by Crippen LogP contribution is -2.26. The van der Waals surface area contributed by atoms with Crippen LogP contribution in [-0.2, 0) is 4.79 Å². The monoisotopic (exact) mass is 544 g/mol. The Kier molecular flexibility index (Phi) is 7.87. The fraction of sp³-hybridized carbons (Fsp3) is 0.167. The van der Waals surface area contributed by atoms with Crippen LogP contribution >= 0.6 is 31.9 Å². The number of carbonyl (C=O) groups excluding carboxylic acids is 2. The van der Waals surface area contributed by atoms with Gasteiger partial charge in [-0.05, 0) is 77.3 Å². The van der Waals surface area contributed by atoms with Crippen LogP contribution in [0, 0.1) is 6.92 Å². The predicted octanol–water partition coefficient (Wildman–Crippen LogP) is 6.03. The second-order valence-corrected chi connectivity index (χ2v) is 8.82. The highest BCUT2D eigenvalue weighted by Crippen LogP contribution is 2.32. The van der Waals surface area contributed by atoms with Gasteiger partial charge in [0.25, 0.3) is 11.8 Å². The third kappa shape index (κ3) is 6.42. The number of amides is 2. The van der Waals surface area contributed by atoms with Crippen molar-refractivity contribution in [2.75, 3.05) is 11.9 Å². The summed E-state index contributed by atoms with van der Waals surface area (Å²) in [5, 5.41) is 5.75. The molecule has 160 valence electrons. The van der Waals surface area contributed by atoms with Gasteiger partial charge in [0.2, 0.25) is 0 Å². The Hall–Kier alpha value is -2.64.